The van der Waals surface area contributed by atoms with Crippen molar-refractivity contribution in [1.29, 1.82) is 5.26 Å². The van der Waals surface area contributed by atoms with Gasteiger partial charge in [0.15, 0.2) is 0 Å². The minimum absolute atomic E-state index is 0.124. The van der Waals surface area contributed by atoms with Crippen molar-refractivity contribution >= 4 is 22.9 Å². The summed E-state index contributed by atoms with van der Waals surface area (Å²) in [5.74, 6) is -1.51. The maximum atomic E-state index is 15.8. The number of ether oxygens (including phenoxy) is 1. The van der Waals surface area contributed by atoms with Gasteiger partial charge in [-0.05, 0) is 73.7 Å². The molecule has 6 rings (SSSR count). The average Bonchev–Trinajstić information content (AvgIpc) is 3.46. The van der Waals surface area contributed by atoms with Crippen LogP contribution in [0.15, 0.2) is 54.7 Å². The summed E-state index contributed by atoms with van der Waals surface area (Å²) in [5.41, 5.74) is 6.32. The number of halogens is 2. The van der Waals surface area contributed by atoms with E-state index in [1.165, 1.54) is 22.9 Å². The molecule has 2 saturated heterocycles. The van der Waals surface area contributed by atoms with Gasteiger partial charge in [0.2, 0.25) is 0 Å². The molecule has 4 aromatic rings. The summed E-state index contributed by atoms with van der Waals surface area (Å²) in [7, 11) is 0. The van der Waals surface area contributed by atoms with Gasteiger partial charge >= 0.3 is 6.09 Å². The van der Waals surface area contributed by atoms with E-state index in [-0.39, 0.29) is 41.8 Å². The molecule has 9 nitrogen and oxygen atoms in total. The second-order valence-electron chi connectivity index (χ2n) is 12.2. The molecule has 226 valence electrons. The predicted octanol–water partition coefficient (Wildman–Crippen LogP) is 5.52. The number of carbonyl (C=O) groups is 2. The van der Waals surface area contributed by atoms with Crippen LogP contribution in [-0.2, 0) is 11.3 Å². The third-order valence-electron chi connectivity index (χ3n) is 8.43. The Morgan fingerprint density at radius 1 is 1.05 bits per heavy atom. The van der Waals surface area contributed by atoms with Gasteiger partial charge < -0.3 is 20.5 Å². The largest absolute Gasteiger partial charge is 0.446 e. The molecule has 11 heteroatoms. The van der Waals surface area contributed by atoms with Crippen LogP contribution in [0.2, 0.25) is 0 Å². The molecule has 0 unspecified atom stereocenters. The number of carbonyl (C=O) groups excluding carboxylic acids is 2. The van der Waals surface area contributed by atoms with Crippen LogP contribution in [-0.4, -0.2) is 55.6 Å². The first-order chi connectivity index (χ1) is 20.9. The lowest BCUT2D eigenvalue weighted by molar-refractivity contribution is 0.0204. The quantitative estimate of drug-likeness (QED) is 0.300. The molecule has 2 bridgehead atoms. The molecule has 0 aliphatic carbocycles. The van der Waals surface area contributed by atoms with E-state index < -0.39 is 23.3 Å². The van der Waals surface area contributed by atoms with E-state index in [2.05, 4.69) is 5.10 Å². The van der Waals surface area contributed by atoms with E-state index in [1.54, 1.807) is 50.4 Å². The smallest absolute Gasteiger partial charge is 0.404 e. The van der Waals surface area contributed by atoms with E-state index in [9.17, 15) is 24.3 Å². The predicted molar refractivity (Wildman–Crippen MR) is 158 cm³/mol. The van der Waals surface area contributed by atoms with Gasteiger partial charge in [0, 0.05) is 47.5 Å². The molecule has 2 fully saturated rings. The molecule has 0 radical (unpaired) electrons. The minimum Gasteiger partial charge on any atom is -0.446 e. The van der Waals surface area contributed by atoms with E-state index in [4.69, 9.17) is 10.5 Å². The van der Waals surface area contributed by atoms with Crippen molar-refractivity contribution < 1.29 is 28.2 Å². The standard InChI is InChI=1S/C33H31F2N5O4/c1-33(2,43)17-39-30-14-29(35)27(10-21(30)16-38-39)25-8-5-19(9-26(25)18-3-4-20(15-36)28(34)11-18)31(41)40-22-6-7-23(40)13-24(12-22)44-32(37)42/h3-5,8-11,14,16,22-24,43H,6-7,12-13,17H2,1-2H3,(H2,37,42)/t22-,23+,24+. The number of fused-ring (bicyclic) bond motifs is 3. The number of nitrogens with two attached hydrogens (primary N) is 1. The topological polar surface area (TPSA) is 134 Å². The van der Waals surface area contributed by atoms with Crippen LogP contribution in [0.4, 0.5) is 13.6 Å². The number of rotatable bonds is 6. The van der Waals surface area contributed by atoms with Gasteiger partial charge in [-0.25, -0.2) is 13.6 Å². The Bertz CT molecular complexity index is 1830. The fourth-order valence-corrected chi connectivity index (χ4v) is 6.59. The Hall–Kier alpha value is -4.82. The molecule has 2 aliphatic rings. The SMILES string of the molecule is CC(C)(O)Cn1ncc2cc(-c3ccc(C(=O)N4[C@@H]5CC[C@H]4C[C@@H](OC(N)=O)C5)cc3-c3ccc(C#N)c(F)c3)c(F)cc21. The highest BCUT2D eigenvalue weighted by molar-refractivity contribution is 5.99. The van der Waals surface area contributed by atoms with Crippen LogP contribution in [0.5, 0.6) is 0 Å². The minimum atomic E-state index is -1.06. The van der Waals surface area contributed by atoms with Crippen molar-refractivity contribution in [3.8, 4) is 28.3 Å². The number of aliphatic hydroxyl groups is 1. The van der Waals surface area contributed by atoms with E-state index in [0.29, 0.717) is 46.0 Å². The lowest BCUT2D eigenvalue weighted by atomic mass is 9.90. The molecule has 3 aromatic carbocycles. The van der Waals surface area contributed by atoms with Crippen LogP contribution in [0.1, 0.15) is 55.5 Å². The Labute approximate surface area is 252 Å². The molecular weight excluding hydrogens is 568 g/mol. The first kappa shape index (κ1) is 29.3. The van der Waals surface area contributed by atoms with Crippen LogP contribution < -0.4 is 5.73 Å². The summed E-state index contributed by atoms with van der Waals surface area (Å²) in [6, 6.07) is 13.6. The van der Waals surface area contributed by atoms with Crippen molar-refractivity contribution in [2.75, 3.05) is 0 Å². The van der Waals surface area contributed by atoms with Crippen LogP contribution in [0, 0.1) is 23.0 Å². The van der Waals surface area contributed by atoms with Crippen molar-refractivity contribution in [3.63, 3.8) is 0 Å². The number of nitriles is 1. The molecular formula is C33H31F2N5O4. The molecule has 3 N–H and O–H groups in total. The number of nitrogens with zero attached hydrogens (tertiary/aromatic N) is 4. The van der Waals surface area contributed by atoms with Gasteiger partial charge in [0.25, 0.3) is 5.91 Å². The van der Waals surface area contributed by atoms with Crippen LogP contribution in [0.3, 0.4) is 0 Å². The van der Waals surface area contributed by atoms with Crippen LogP contribution in [0.25, 0.3) is 33.2 Å². The van der Waals surface area contributed by atoms with Gasteiger partial charge in [-0.15, -0.1) is 0 Å². The first-order valence-corrected chi connectivity index (χ1v) is 14.4. The molecule has 0 saturated carbocycles. The Morgan fingerprint density at radius 3 is 2.41 bits per heavy atom. The first-order valence-electron chi connectivity index (χ1n) is 14.4. The van der Waals surface area contributed by atoms with Crippen LogP contribution >= 0.6 is 0 Å². The fraction of sp³-hybridized carbons (Fsp3) is 0.333. The number of aromatic nitrogens is 2. The number of benzene rings is 3. The van der Waals surface area contributed by atoms with E-state index in [1.807, 2.05) is 11.0 Å². The number of amides is 2. The highest BCUT2D eigenvalue weighted by Gasteiger charge is 2.44. The summed E-state index contributed by atoms with van der Waals surface area (Å²) in [6.07, 6.45) is 2.93. The average molecular weight is 600 g/mol. The Balaban J connectivity index is 1.42. The molecule has 44 heavy (non-hydrogen) atoms. The second-order valence-corrected chi connectivity index (χ2v) is 12.2. The highest BCUT2D eigenvalue weighted by atomic mass is 19.1. The molecule has 3 heterocycles. The van der Waals surface area contributed by atoms with Gasteiger partial charge in [-0.2, -0.15) is 10.4 Å². The summed E-state index contributed by atoms with van der Waals surface area (Å²) >= 11 is 0. The van der Waals surface area contributed by atoms with Gasteiger partial charge in [0.1, 0.15) is 23.8 Å². The number of hydrogen-bond donors (Lipinski definition) is 2. The fourth-order valence-electron chi connectivity index (χ4n) is 6.59. The Kier molecular flexibility index (Phi) is 7.33. The van der Waals surface area contributed by atoms with Crippen molar-refractivity contribution in [1.82, 2.24) is 14.7 Å². The van der Waals surface area contributed by atoms with E-state index >= 15 is 4.39 Å². The number of hydrogen-bond acceptors (Lipinski definition) is 6. The summed E-state index contributed by atoms with van der Waals surface area (Å²) in [6.45, 7) is 3.44. The third-order valence-corrected chi connectivity index (χ3v) is 8.43. The van der Waals surface area contributed by atoms with E-state index in [0.717, 1.165) is 12.8 Å². The molecule has 1 aromatic heterocycles. The molecule has 0 spiro atoms. The monoisotopic (exact) mass is 599 g/mol. The maximum absolute atomic E-state index is 15.8. The molecule has 3 atom stereocenters. The lowest BCUT2D eigenvalue weighted by Crippen LogP contribution is -2.49. The van der Waals surface area contributed by atoms with Crippen molar-refractivity contribution in [2.24, 2.45) is 5.73 Å². The van der Waals surface area contributed by atoms with Gasteiger partial charge in [-0.1, -0.05) is 12.1 Å². The lowest BCUT2D eigenvalue weighted by Gasteiger charge is -2.38. The highest BCUT2D eigenvalue weighted by Crippen LogP contribution is 2.40. The molecule has 2 amide bonds. The van der Waals surface area contributed by atoms with Crippen molar-refractivity contribution in [2.45, 2.75) is 69.9 Å². The second kappa shape index (κ2) is 11.0. The summed E-state index contributed by atoms with van der Waals surface area (Å²) in [5, 5.41) is 24.5. The summed E-state index contributed by atoms with van der Waals surface area (Å²) < 4.78 is 37.4. The van der Waals surface area contributed by atoms with Crippen molar-refractivity contribution in [3.05, 3.63) is 77.5 Å². The zero-order valence-electron chi connectivity index (χ0n) is 24.3. The third kappa shape index (κ3) is 5.49. The summed E-state index contributed by atoms with van der Waals surface area (Å²) in [4.78, 5) is 27.0. The maximum Gasteiger partial charge on any atom is 0.404 e. The van der Waals surface area contributed by atoms with Gasteiger partial charge in [-0.3, -0.25) is 9.48 Å². The molecule has 2 aliphatic heterocycles. The zero-order valence-corrected chi connectivity index (χ0v) is 24.3. The number of piperidine rings is 1. The Morgan fingerprint density at radius 2 is 1.77 bits per heavy atom. The zero-order chi connectivity index (χ0) is 31.3. The number of primary amides is 1. The van der Waals surface area contributed by atoms with Gasteiger partial charge in [0.05, 0.1) is 29.4 Å². The normalized spacial score (nSPS) is 19.6.